The van der Waals surface area contributed by atoms with Crippen LogP contribution in [0.2, 0.25) is 0 Å². The minimum atomic E-state index is -4.47. The molecule has 13 heteroatoms. The molecule has 2 aromatic heterocycles. The molecule has 0 fully saturated rings. The first kappa shape index (κ1) is 21.9. The van der Waals surface area contributed by atoms with Crippen LogP contribution in [0.25, 0.3) is 9.53 Å². The summed E-state index contributed by atoms with van der Waals surface area (Å²) in [7, 11) is -3.17. The Bertz CT molecular complexity index is 1180. The second-order valence-electron chi connectivity index (χ2n) is 5.97. The monoisotopic (exact) mass is 470 g/mol. The highest BCUT2D eigenvalue weighted by atomic mass is 32.2. The van der Waals surface area contributed by atoms with Crippen LogP contribution < -0.4 is 14.4 Å². The molecule has 0 aliphatic heterocycles. The number of hydrogen-bond acceptors (Lipinski definition) is 10. The second-order valence-corrected chi connectivity index (χ2v) is 9.66. The Morgan fingerprint density at radius 1 is 1.27 bits per heavy atom. The number of aromatic nitrogens is 1. The maximum Gasteiger partial charge on any atom is 0.293 e. The topological polar surface area (TPSA) is 132 Å². The average molecular weight is 471 g/mol. The quantitative estimate of drug-likeness (QED) is 0.392. The summed E-state index contributed by atoms with van der Waals surface area (Å²) < 4.78 is 32.8. The lowest BCUT2D eigenvalue weighted by atomic mass is 10.3. The van der Waals surface area contributed by atoms with E-state index in [0.29, 0.717) is 4.83 Å². The standard InChI is InChI=1S/C17H18N4O6S3/c1-4-20(5-2)17-18-16-13(29-17)9-12(28-16)15(22)19-30(25,26)14-7-6-10(27-3)8-11(14)21(23)24/h6-9H,4-5H2,1-3H3,(H,19,22). The number of nitrogens with zero attached hydrogens (tertiary/aromatic N) is 3. The number of benzene rings is 1. The number of sulfonamides is 1. The highest BCUT2D eigenvalue weighted by Gasteiger charge is 2.29. The van der Waals surface area contributed by atoms with Gasteiger partial charge in [0.2, 0.25) is 0 Å². The number of anilines is 1. The number of ether oxygens (including phenoxy) is 1. The number of carbonyl (C=O) groups excluding carboxylic acids is 1. The zero-order valence-corrected chi connectivity index (χ0v) is 18.7. The number of rotatable bonds is 8. The van der Waals surface area contributed by atoms with Crippen molar-refractivity contribution in [3.63, 3.8) is 0 Å². The van der Waals surface area contributed by atoms with Crippen LogP contribution in [0.4, 0.5) is 10.8 Å². The van der Waals surface area contributed by atoms with Gasteiger partial charge in [0.1, 0.15) is 10.6 Å². The lowest BCUT2D eigenvalue weighted by Crippen LogP contribution is -2.30. The third kappa shape index (κ3) is 4.22. The Morgan fingerprint density at radius 2 is 1.97 bits per heavy atom. The molecule has 0 aliphatic rings. The van der Waals surface area contributed by atoms with Crippen molar-refractivity contribution in [2.24, 2.45) is 0 Å². The fraction of sp³-hybridized carbons (Fsp3) is 0.294. The summed E-state index contributed by atoms with van der Waals surface area (Å²) >= 11 is 2.47. The molecule has 1 N–H and O–H groups in total. The SMILES string of the molecule is CCN(CC)c1nc2sc(C(=O)NS(=O)(=O)c3ccc(OC)cc3[N+](=O)[O-])cc2s1. The van der Waals surface area contributed by atoms with E-state index >= 15 is 0 Å². The first-order valence-electron chi connectivity index (χ1n) is 8.75. The normalized spacial score (nSPS) is 11.4. The van der Waals surface area contributed by atoms with Gasteiger partial charge in [0, 0.05) is 13.1 Å². The van der Waals surface area contributed by atoms with Gasteiger partial charge in [-0.15, -0.1) is 11.3 Å². The van der Waals surface area contributed by atoms with E-state index in [1.807, 2.05) is 18.6 Å². The van der Waals surface area contributed by atoms with Gasteiger partial charge in [-0.1, -0.05) is 11.3 Å². The van der Waals surface area contributed by atoms with Gasteiger partial charge in [0.15, 0.2) is 10.0 Å². The average Bonchev–Trinajstić information content (AvgIpc) is 3.27. The third-order valence-corrected chi connectivity index (χ3v) is 7.81. The van der Waals surface area contributed by atoms with E-state index in [1.54, 1.807) is 6.07 Å². The van der Waals surface area contributed by atoms with Crippen molar-refractivity contribution in [3.8, 4) is 5.75 Å². The molecule has 160 valence electrons. The van der Waals surface area contributed by atoms with Gasteiger partial charge < -0.3 is 9.64 Å². The fourth-order valence-electron chi connectivity index (χ4n) is 2.69. The summed E-state index contributed by atoms with van der Waals surface area (Å²) in [6.07, 6.45) is 0. The first-order chi connectivity index (χ1) is 14.2. The molecular weight excluding hydrogens is 452 g/mol. The minimum Gasteiger partial charge on any atom is -0.497 e. The van der Waals surface area contributed by atoms with Gasteiger partial charge in [0.05, 0.1) is 27.7 Å². The van der Waals surface area contributed by atoms with E-state index in [0.717, 1.165) is 46.4 Å². The van der Waals surface area contributed by atoms with Crippen molar-refractivity contribution in [2.45, 2.75) is 18.7 Å². The zero-order valence-electron chi connectivity index (χ0n) is 16.2. The van der Waals surface area contributed by atoms with Crippen LogP contribution in [0.5, 0.6) is 5.75 Å². The Balaban J connectivity index is 1.88. The van der Waals surface area contributed by atoms with Crippen molar-refractivity contribution in [2.75, 3.05) is 25.1 Å². The summed E-state index contributed by atoms with van der Waals surface area (Å²) in [5, 5.41) is 12.1. The molecule has 0 radical (unpaired) electrons. The van der Waals surface area contributed by atoms with Crippen molar-refractivity contribution < 1.29 is 22.9 Å². The fourth-order valence-corrected chi connectivity index (χ4v) is 6.10. The van der Waals surface area contributed by atoms with Crippen molar-refractivity contribution in [3.05, 3.63) is 39.3 Å². The summed E-state index contributed by atoms with van der Waals surface area (Å²) in [4.78, 5) is 29.7. The molecule has 30 heavy (non-hydrogen) atoms. The highest BCUT2D eigenvalue weighted by Crippen LogP contribution is 2.35. The summed E-state index contributed by atoms with van der Waals surface area (Å²) in [6.45, 7) is 5.62. The number of nitro groups is 1. The van der Waals surface area contributed by atoms with E-state index in [1.165, 1.54) is 24.5 Å². The molecule has 3 aromatic rings. The Kier molecular flexibility index (Phi) is 6.24. The number of thiophene rings is 1. The van der Waals surface area contributed by atoms with E-state index < -0.39 is 31.4 Å². The van der Waals surface area contributed by atoms with Crippen LogP contribution in [0.3, 0.4) is 0 Å². The van der Waals surface area contributed by atoms with Crippen LogP contribution in [-0.4, -0.2) is 44.4 Å². The van der Waals surface area contributed by atoms with Gasteiger partial charge in [0.25, 0.3) is 21.6 Å². The second kappa shape index (κ2) is 8.53. The molecule has 10 nitrogen and oxygen atoms in total. The maximum absolute atomic E-state index is 12.6. The lowest BCUT2D eigenvalue weighted by molar-refractivity contribution is -0.387. The molecule has 3 rings (SSSR count). The molecule has 0 spiro atoms. The summed E-state index contributed by atoms with van der Waals surface area (Å²) in [5.41, 5.74) is -0.688. The van der Waals surface area contributed by atoms with Crippen molar-refractivity contribution in [1.82, 2.24) is 9.71 Å². The first-order valence-corrected chi connectivity index (χ1v) is 11.9. The number of amides is 1. The number of methoxy groups -OCH3 is 1. The van der Waals surface area contributed by atoms with E-state index in [4.69, 9.17) is 4.74 Å². The van der Waals surface area contributed by atoms with Gasteiger partial charge in [-0.2, -0.15) is 0 Å². The molecule has 0 aliphatic carbocycles. The van der Waals surface area contributed by atoms with Crippen LogP contribution in [0.1, 0.15) is 23.5 Å². The predicted octanol–water partition coefficient (Wildman–Crippen LogP) is 3.24. The van der Waals surface area contributed by atoms with E-state index in [2.05, 4.69) is 9.88 Å². The van der Waals surface area contributed by atoms with E-state index in [-0.39, 0.29) is 10.6 Å². The molecule has 0 atom stereocenters. The van der Waals surface area contributed by atoms with Crippen LogP contribution in [0, 0.1) is 10.1 Å². The van der Waals surface area contributed by atoms with Crippen LogP contribution in [0.15, 0.2) is 29.2 Å². The Labute approximate surface area is 180 Å². The molecule has 1 aromatic carbocycles. The van der Waals surface area contributed by atoms with Gasteiger partial charge >= 0.3 is 0 Å². The van der Waals surface area contributed by atoms with Crippen molar-refractivity contribution >= 4 is 59.0 Å². The predicted molar refractivity (Wildman–Crippen MR) is 115 cm³/mol. The molecule has 0 unspecified atom stereocenters. The maximum atomic E-state index is 12.6. The summed E-state index contributed by atoms with van der Waals surface area (Å²) in [5.74, 6) is -0.750. The number of nitro benzene ring substituents is 1. The van der Waals surface area contributed by atoms with Crippen LogP contribution >= 0.6 is 22.7 Å². The van der Waals surface area contributed by atoms with Crippen LogP contribution in [-0.2, 0) is 10.0 Å². The highest BCUT2D eigenvalue weighted by molar-refractivity contribution is 7.90. The molecule has 1 amide bonds. The van der Waals surface area contributed by atoms with E-state index in [9.17, 15) is 23.3 Å². The number of carbonyl (C=O) groups is 1. The zero-order chi connectivity index (χ0) is 22.1. The minimum absolute atomic E-state index is 0.126. The summed E-state index contributed by atoms with van der Waals surface area (Å²) in [6, 6.07) is 4.85. The van der Waals surface area contributed by atoms with Gasteiger partial charge in [-0.25, -0.2) is 18.1 Å². The van der Waals surface area contributed by atoms with Gasteiger partial charge in [-0.3, -0.25) is 14.9 Å². The Morgan fingerprint density at radius 3 is 2.53 bits per heavy atom. The Hall–Kier alpha value is -2.77. The smallest absolute Gasteiger partial charge is 0.293 e. The number of fused-ring (bicyclic) bond motifs is 1. The van der Waals surface area contributed by atoms with Crippen molar-refractivity contribution in [1.29, 1.82) is 0 Å². The molecule has 0 saturated heterocycles. The third-order valence-electron chi connectivity index (χ3n) is 4.22. The lowest BCUT2D eigenvalue weighted by Gasteiger charge is -2.16. The number of thiazole rings is 1. The number of hydrogen-bond donors (Lipinski definition) is 1. The molecule has 0 bridgehead atoms. The molecule has 0 saturated carbocycles. The largest absolute Gasteiger partial charge is 0.497 e. The molecular formula is C17H18N4O6S3. The molecule has 2 heterocycles. The number of nitrogens with one attached hydrogen (secondary N) is 1. The van der Waals surface area contributed by atoms with Gasteiger partial charge in [-0.05, 0) is 32.0 Å².